The van der Waals surface area contributed by atoms with Crippen molar-refractivity contribution in [3.63, 3.8) is 0 Å². The van der Waals surface area contributed by atoms with E-state index in [1.165, 1.54) is 30.3 Å². The molecule has 0 aliphatic carbocycles. The Hall–Kier alpha value is -3.14. The molecule has 0 radical (unpaired) electrons. The smallest absolute Gasteiger partial charge is 0.191 e. The zero-order valence-corrected chi connectivity index (χ0v) is 15.3. The highest BCUT2D eigenvalue weighted by Crippen LogP contribution is 2.14. The molecule has 0 bridgehead atoms. The highest BCUT2D eigenvalue weighted by atomic mass is 19.1. The Balaban J connectivity index is 1.96. The fourth-order valence-corrected chi connectivity index (χ4v) is 2.33. The van der Waals surface area contributed by atoms with Gasteiger partial charge in [0.05, 0.1) is 24.7 Å². The fourth-order valence-electron chi connectivity index (χ4n) is 2.33. The van der Waals surface area contributed by atoms with Crippen molar-refractivity contribution in [2.45, 2.75) is 26.5 Å². The van der Waals surface area contributed by atoms with Crippen molar-refractivity contribution in [2.75, 3.05) is 13.1 Å². The van der Waals surface area contributed by atoms with Crippen molar-refractivity contribution in [3.8, 4) is 11.8 Å². The van der Waals surface area contributed by atoms with E-state index in [4.69, 9.17) is 10.00 Å². The normalized spacial score (nSPS) is 12.2. The van der Waals surface area contributed by atoms with Crippen LogP contribution in [0.5, 0.6) is 5.75 Å². The molecule has 1 atom stereocenters. The van der Waals surface area contributed by atoms with E-state index in [0.29, 0.717) is 35.9 Å². The van der Waals surface area contributed by atoms with Crippen LogP contribution in [0, 0.1) is 23.0 Å². The molecule has 1 unspecified atom stereocenters. The summed E-state index contributed by atoms with van der Waals surface area (Å²) in [5.74, 6) is 0.177. The molecule has 0 saturated carbocycles. The van der Waals surface area contributed by atoms with Crippen molar-refractivity contribution in [3.05, 3.63) is 65.2 Å². The van der Waals surface area contributed by atoms with Crippen LogP contribution in [-0.4, -0.2) is 25.2 Å². The lowest BCUT2D eigenvalue weighted by Crippen LogP contribution is -2.41. The number of halogens is 2. The highest BCUT2D eigenvalue weighted by Gasteiger charge is 2.08. The van der Waals surface area contributed by atoms with Crippen LogP contribution >= 0.6 is 0 Å². The number of hydrogen-bond acceptors (Lipinski definition) is 3. The molecule has 5 nitrogen and oxygen atoms in total. The topological polar surface area (TPSA) is 69.4 Å². The number of nitrogens with one attached hydrogen (secondary N) is 2. The van der Waals surface area contributed by atoms with Gasteiger partial charge < -0.3 is 15.4 Å². The summed E-state index contributed by atoms with van der Waals surface area (Å²) in [6.07, 6.45) is -0.241. The Morgan fingerprint density at radius 1 is 1.22 bits per heavy atom. The third kappa shape index (κ3) is 6.59. The van der Waals surface area contributed by atoms with E-state index in [1.54, 1.807) is 12.1 Å². The zero-order valence-electron chi connectivity index (χ0n) is 15.3. The predicted molar refractivity (Wildman–Crippen MR) is 100 cm³/mol. The molecule has 0 aromatic heterocycles. The molecule has 0 spiro atoms. The summed E-state index contributed by atoms with van der Waals surface area (Å²) in [6.45, 7) is 4.91. The van der Waals surface area contributed by atoms with Crippen LogP contribution in [-0.2, 0) is 6.54 Å². The minimum atomic E-state index is -0.406. The number of aliphatic imine (C=N–C) groups is 1. The van der Waals surface area contributed by atoms with Crippen molar-refractivity contribution in [2.24, 2.45) is 4.99 Å². The second-order valence-corrected chi connectivity index (χ2v) is 5.88. The molecule has 2 aromatic carbocycles. The van der Waals surface area contributed by atoms with E-state index in [1.807, 2.05) is 19.9 Å². The lowest BCUT2D eigenvalue weighted by molar-refractivity contribution is 0.223. The first-order valence-corrected chi connectivity index (χ1v) is 8.64. The number of hydrogen-bond donors (Lipinski definition) is 2. The number of guanidine groups is 1. The van der Waals surface area contributed by atoms with Gasteiger partial charge in [0, 0.05) is 18.2 Å². The molecular weight excluding hydrogens is 350 g/mol. The molecule has 0 amide bonds. The van der Waals surface area contributed by atoms with Gasteiger partial charge in [-0.3, -0.25) is 0 Å². The minimum absolute atomic E-state index is 0.0931. The maximum Gasteiger partial charge on any atom is 0.191 e. The van der Waals surface area contributed by atoms with Gasteiger partial charge >= 0.3 is 0 Å². The Labute approximate surface area is 157 Å². The van der Waals surface area contributed by atoms with E-state index in [2.05, 4.69) is 15.6 Å². The Bertz CT molecular complexity index is 833. The van der Waals surface area contributed by atoms with Gasteiger partial charge in [-0.2, -0.15) is 5.26 Å². The summed E-state index contributed by atoms with van der Waals surface area (Å²) in [7, 11) is 0. The number of rotatable bonds is 7. The van der Waals surface area contributed by atoms with Crippen LogP contribution in [0.3, 0.4) is 0 Å². The molecule has 0 aliphatic heterocycles. The van der Waals surface area contributed by atoms with Gasteiger partial charge in [-0.05, 0) is 44.2 Å². The summed E-state index contributed by atoms with van der Waals surface area (Å²) in [6, 6.07) is 12.1. The SMILES string of the molecule is CCNC(=NCc1cc(C#N)ccc1F)NCC(C)Oc1cccc(F)c1. The Kier molecular flexibility index (Phi) is 7.56. The third-order valence-corrected chi connectivity index (χ3v) is 3.62. The summed E-state index contributed by atoms with van der Waals surface area (Å²) in [4.78, 5) is 4.34. The first kappa shape index (κ1) is 20.2. The Morgan fingerprint density at radius 3 is 2.74 bits per heavy atom. The molecule has 27 heavy (non-hydrogen) atoms. The van der Waals surface area contributed by atoms with Crippen LogP contribution in [0.4, 0.5) is 8.78 Å². The van der Waals surface area contributed by atoms with Crippen LogP contribution < -0.4 is 15.4 Å². The second-order valence-electron chi connectivity index (χ2n) is 5.88. The van der Waals surface area contributed by atoms with E-state index < -0.39 is 5.82 Å². The largest absolute Gasteiger partial charge is 0.489 e. The predicted octanol–water partition coefficient (Wildman–Crippen LogP) is 3.36. The average Bonchev–Trinajstić information content (AvgIpc) is 2.65. The number of ether oxygens (including phenoxy) is 1. The van der Waals surface area contributed by atoms with Crippen molar-refractivity contribution >= 4 is 5.96 Å². The molecule has 0 aliphatic rings. The van der Waals surface area contributed by atoms with Gasteiger partial charge in [0.15, 0.2) is 5.96 Å². The highest BCUT2D eigenvalue weighted by molar-refractivity contribution is 5.79. The Morgan fingerprint density at radius 2 is 2.04 bits per heavy atom. The molecule has 0 heterocycles. The number of benzene rings is 2. The molecule has 0 saturated heterocycles. The van der Waals surface area contributed by atoms with Gasteiger partial charge in [0.25, 0.3) is 0 Å². The average molecular weight is 372 g/mol. The maximum atomic E-state index is 13.9. The molecular formula is C20H22F2N4O. The van der Waals surface area contributed by atoms with Gasteiger partial charge in [-0.1, -0.05) is 6.07 Å². The molecule has 0 fully saturated rings. The molecule has 2 rings (SSSR count). The molecule has 2 aromatic rings. The standard InChI is InChI=1S/C20H22F2N4O/c1-3-24-20(26-13-16-9-15(11-23)7-8-19(16)22)25-12-14(2)27-18-6-4-5-17(21)10-18/h4-10,14H,3,12-13H2,1-2H3,(H2,24,25,26). The van der Waals surface area contributed by atoms with E-state index >= 15 is 0 Å². The minimum Gasteiger partial charge on any atom is -0.489 e. The lowest BCUT2D eigenvalue weighted by atomic mass is 10.1. The quantitative estimate of drug-likeness (QED) is 0.578. The second kappa shape index (κ2) is 10.1. The van der Waals surface area contributed by atoms with Gasteiger partial charge in [-0.25, -0.2) is 13.8 Å². The first-order valence-electron chi connectivity index (χ1n) is 8.64. The van der Waals surface area contributed by atoms with Gasteiger partial charge in [-0.15, -0.1) is 0 Å². The summed E-state index contributed by atoms with van der Waals surface area (Å²) in [5.41, 5.74) is 0.729. The van der Waals surface area contributed by atoms with E-state index in [-0.39, 0.29) is 18.5 Å². The first-order chi connectivity index (χ1) is 13.0. The summed E-state index contributed by atoms with van der Waals surface area (Å²) >= 11 is 0. The van der Waals surface area contributed by atoms with Gasteiger partial charge in [0.1, 0.15) is 23.5 Å². The molecule has 142 valence electrons. The monoisotopic (exact) mass is 372 g/mol. The van der Waals surface area contributed by atoms with Crippen LogP contribution in [0.2, 0.25) is 0 Å². The third-order valence-electron chi connectivity index (χ3n) is 3.62. The van der Waals surface area contributed by atoms with Crippen molar-refractivity contribution in [1.82, 2.24) is 10.6 Å². The van der Waals surface area contributed by atoms with Gasteiger partial charge in [0.2, 0.25) is 0 Å². The molecule has 7 heteroatoms. The maximum absolute atomic E-state index is 13.9. The van der Waals surface area contributed by atoms with Crippen LogP contribution in [0.1, 0.15) is 25.0 Å². The van der Waals surface area contributed by atoms with E-state index in [9.17, 15) is 8.78 Å². The number of nitrogens with zero attached hydrogens (tertiary/aromatic N) is 2. The lowest BCUT2D eigenvalue weighted by Gasteiger charge is -2.17. The number of nitriles is 1. The summed E-state index contributed by atoms with van der Waals surface area (Å²) in [5, 5.41) is 15.1. The zero-order chi connectivity index (χ0) is 19.6. The van der Waals surface area contributed by atoms with Crippen molar-refractivity contribution < 1.29 is 13.5 Å². The fraction of sp³-hybridized carbons (Fsp3) is 0.300. The van der Waals surface area contributed by atoms with Crippen LogP contribution in [0.25, 0.3) is 0 Å². The van der Waals surface area contributed by atoms with Crippen molar-refractivity contribution in [1.29, 1.82) is 5.26 Å². The van der Waals surface area contributed by atoms with E-state index in [0.717, 1.165) is 0 Å². The van der Waals surface area contributed by atoms with Crippen LogP contribution in [0.15, 0.2) is 47.5 Å². The summed E-state index contributed by atoms with van der Waals surface area (Å²) < 4.78 is 32.7. The molecule has 2 N–H and O–H groups in total.